The highest BCUT2D eigenvalue weighted by Gasteiger charge is 2.36. The largest absolute Gasteiger partial charge is 0.352 e. The van der Waals surface area contributed by atoms with Crippen LogP contribution in [-0.4, -0.2) is 44.9 Å². The molecule has 3 heterocycles. The predicted octanol–water partition coefficient (Wildman–Crippen LogP) is 1.12. The van der Waals surface area contributed by atoms with Gasteiger partial charge in [0.05, 0.1) is 11.7 Å². The van der Waals surface area contributed by atoms with Crippen LogP contribution in [0.15, 0.2) is 22.6 Å². The van der Waals surface area contributed by atoms with Crippen LogP contribution < -0.4 is 10.9 Å². The first kappa shape index (κ1) is 16.3. The maximum absolute atomic E-state index is 12.6. The van der Waals surface area contributed by atoms with Crippen LogP contribution in [0.3, 0.4) is 0 Å². The summed E-state index contributed by atoms with van der Waals surface area (Å²) in [5.74, 6) is -0.113. The van der Waals surface area contributed by atoms with Gasteiger partial charge < -0.3 is 10.2 Å². The monoisotopic (exact) mass is 360 g/mol. The van der Waals surface area contributed by atoms with Gasteiger partial charge in [0, 0.05) is 25.6 Å². The molecule has 0 spiro atoms. The summed E-state index contributed by atoms with van der Waals surface area (Å²) in [4.78, 5) is 43.9. The van der Waals surface area contributed by atoms with E-state index in [1.54, 1.807) is 11.0 Å². The topological polar surface area (TPSA) is 84.3 Å². The molecule has 25 heavy (non-hydrogen) atoms. The number of hydrogen-bond donors (Lipinski definition) is 1. The summed E-state index contributed by atoms with van der Waals surface area (Å²) in [7, 11) is 0. The van der Waals surface area contributed by atoms with E-state index in [-0.39, 0.29) is 36.4 Å². The Morgan fingerprint density at radius 3 is 2.96 bits per heavy atom. The fourth-order valence-corrected chi connectivity index (χ4v) is 4.00. The summed E-state index contributed by atoms with van der Waals surface area (Å²) in [5, 5.41) is 5.40. The van der Waals surface area contributed by atoms with Gasteiger partial charge in [0.25, 0.3) is 5.56 Å². The predicted molar refractivity (Wildman–Crippen MR) is 94.4 cm³/mol. The molecule has 0 radical (unpaired) electrons. The average Bonchev–Trinajstić information content (AvgIpc) is 3.11. The first-order valence-corrected chi connectivity index (χ1v) is 9.54. The molecule has 7 nitrogen and oxygen atoms in total. The molecular formula is C17H20N4O3S. The Morgan fingerprint density at radius 2 is 2.16 bits per heavy atom. The van der Waals surface area contributed by atoms with E-state index < -0.39 is 0 Å². The number of aryl methyl sites for hydroxylation is 1. The highest BCUT2D eigenvalue weighted by atomic mass is 32.1. The Bertz CT molecular complexity index is 870. The number of thiophene rings is 1. The van der Waals surface area contributed by atoms with Crippen LogP contribution in [0.4, 0.5) is 0 Å². The summed E-state index contributed by atoms with van der Waals surface area (Å²) in [6.45, 7) is 0.891. The zero-order chi connectivity index (χ0) is 17.4. The van der Waals surface area contributed by atoms with Crippen molar-refractivity contribution in [3.05, 3.63) is 28.1 Å². The molecule has 1 saturated heterocycles. The van der Waals surface area contributed by atoms with Gasteiger partial charge in [-0.25, -0.2) is 4.98 Å². The minimum Gasteiger partial charge on any atom is -0.352 e. The Balaban J connectivity index is 1.41. The third-order valence-corrected chi connectivity index (χ3v) is 5.64. The van der Waals surface area contributed by atoms with Crippen molar-refractivity contribution in [2.75, 3.05) is 6.54 Å². The second-order valence-electron chi connectivity index (χ2n) is 6.66. The standard InChI is InChI=1S/C17H20N4O3S/c22-14(21-7-1-2-13(21)15(23)19-11-3-4-11)5-8-20-10-18-16-12(17(20)24)6-9-25-16/h6,9-11,13H,1-5,7-8H2,(H,19,23). The third kappa shape index (κ3) is 3.30. The third-order valence-electron chi connectivity index (χ3n) is 4.82. The van der Waals surface area contributed by atoms with Crippen LogP contribution in [0.25, 0.3) is 10.2 Å². The molecule has 1 atom stereocenters. The van der Waals surface area contributed by atoms with Crippen molar-refractivity contribution in [3.8, 4) is 0 Å². The van der Waals surface area contributed by atoms with E-state index in [2.05, 4.69) is 10.3 Å². The normalized spacial score (nSPS) is 20.2. The van der Waals surface area contributed by atoms with Crippen molar-refractivity contribution < 1.29 is 9.59 Å². The van der Waals surface area contributed by atoms with Crippen LogP contribution in [0, 0.1) is 0 Å². The molecule has 1 aliphatic heterocycles. The first-order valence-electron chi connectivity index (χ1n) is 8.66. The SMILES string of the molecule is O=C(NC1CC1)C1CCCN1C(=O)CCn1cnc2sccc2c1=O. The minimum absolute atomic E-state index is 0.0353. The smallest absolute Gasteiger partial charge is 0.262 e. The van der Waals surface area contributed by atoms with Crippen molar-refractivity contribution in [1.82, 2.24) is 19.8 Å². The number of nitrogens with one attached hydrogen (secondary N) is 1. The van der Waals surface area contributed by atoms with E-state index in [4.69, 9.17) is 0 Å². The molecule has 0 aromatic carbocycles. The lowest BCUT2D eigenvalue weighted by atomic mass is 10.2. The van der Waals surface area contributed by atoms with Crippen LogP contribution in [0.1, 0.15) is 32.1 Å². The Kier molecular flexibility index (Phi) is 4.29. The van der Waals surface area contributed by atoms with E-state index in [9.17, 15) is 14.4 Å². The zero-order valence-electron chi connectivity index (χ0n) is 13.8. The molecule has 1 unspecified atom stereocenters. The molecule has 1 saturated carbocycles. The highest BCUT2D eigenvalue weighted by Crippen LogP contribution is 2.23. The average molecular weight is 360 g/mol. The summed E-state index contributed by atoms with van der Waals surface area (Å²) in [5.41, 5.74) is -0.122. The summed E-state index contributed by atoms with van der Waals surface area (Å²) >= 11 is 1.42. The van der Waals surface area contributed by atoms with Gasteiger partial charge in [-0.3, -0.25) is 19.0 Å². The molecule has 2 aromatic rings. The van der Waals surface area contributed by atoms with E-state index >= 15 is 0 Å². The molecule has 2 fully saturated rings. The van der Waals surface area contributed by atoms with Crippen molar-refractivity contribution in [2.24, 2.45) is 0 Å². The Morgan fingerprint density at radius 1 is 1.32 bits per heavy atom. The van der Waals surface area contributed by atoms with Gasteiger partial charge >= 0.3 is 0 Å². The van der Waals surface area contributed by atoms with Gasteiger partial charge in [0.1, 0.15) is 10.9 Å². The molecule has 0 bridgehead atoms. The molecule has 2 aromatic heterocycles. The zero-order valence-corrected chi connectivity index (χ0v) is 14.6. The number of likely N-dealkylation sites (tertiary alicyclic amines) is 1. The van der Waals surface area contributed by atoms with Gasteiger partial charge in [0.2, 0.25) is 11.8 Å². The van der Waals surface area contributed by atoms with Gasteiger partial charge in [-0.05, 0) is 37.1 Å². The summed E-state index contributed by atoms with van der Waals surface area (Å²) < 4.78 is 1.47. The van der Waals surface area contributed by atoms with Crippen molar-refractivity contribution in [3.63, 3.8) is 0 Å². The summed E-state index contributed by atoms with van der Waals surface area (Å²) in [6.07, 6.45) is 5.32. The van der Waals surface area contributed by atoms with Crippen LogP contribution in [-0.2, 0) is 16.1 Å². The highest BCUT2D eigenvalue weighted by molar-refractivity contribution is 7.16. The molecule has 4 rings (SSSR count). The number of carbonyl (C=O) groups excluding carboxylic acids is 2. The van der Waals surface area contributed by atoms with Gasteiger partial charge in [0.15, 0.2) is 0 Å². The molecular weight excluding hydrogens is 340 g/mol. The lowest BCUT2D eigenvalue weighted by molar-refractivity contribution is -0.138. The van der Waals surface area contributed by atoms with E-state index in [1.165, 1.54) is 22.2 Å². The van der Waals surface area contributed by atoms with E-state index in [0.29, 0.717) is 29.2 Å². The second-order valence-corrected chi connectivity index (χ2v) is 7.56. The summed E-state index contributed by atoms with van der Waals surface area (Å²) in [6, 6.07) is 1.70. The number of hydrogen-bond acceptors (Lipinski definition) is 5. The second kappa shape index (κ2) is 6.59. The van der Waals surface area contributed by atoms with Crippen LogP contribution in [0.5, 0.6) is 0 Å². The van der Waals surface area contributed by atoms with Gasteiger partial charge in [-0.15, -0.1) is 11.3 Å². The van der Waals surface area contributed by atoms with E-state index in [0.717, 1.165) is 19.3 Å². The van der Waals surface area contributed by atoms with Crippen molar-refractivity contribution in [1.29, 1.82) is 0 Å². The molecule has 8 heteroatoms. The first-order chi connectivity index (χ1) is 12.1. The van der Waals surface area contributed by atoms with Crippen LogP contribution in [0.2, 0.25) is 0 Å². The molecule has 1 aliphatic carbocycles. The van der Waals surface area contributed by atoms with Crippen molar-refractivity contribution in [2.45, 2.75) is 50.7 Å². The number of nitrogens with zero attached hydrogens (tertiary/aromatic N) is 3. The van der Waals surface area contributed by atoms with Gasteiger partial charge in [-0.2, -0.15) is 0 Å². The molecule has 1 N–H and O–H groups in total. The maximum atomic E-state index is 12.6. The number of rotatable bonds is 5. The fourth-order valence-electron chi connectivity index (χ4n) is 3.28. The Labute approximate surface area is 148 Å². The molecule has 2 aliphatic rings. The van der Waals surface area contributed by atoms with Crippen LogP contribution >= 0.6 is 11.3 Å². The lowest BCUT2D eigenvalue weighted by Crippen LogP contribution is -2.46. The lowest BCUT2D eigenvalue weighted by Gasteiger charge is -2.24. The Hall–Kier alpha value is -2.22. The number of amides is 2. The number of aromatic nitrogens is 2. The molecule has 132 valence electrons. The number of fused-ring (bicyclic) bond motifs is 1. The number of carbonyl (C=O) groups is 2. The minimum atomic E-state index is -0.359. The maximum Gasteiger partial charge on any atom is 0.262 e. The molecule has 2 amide bonds. The van der Waals surface area contributed by atoms with Crippen molar-refractivity contribution >= 4 is 33.4 Å². The van der Waals surface area contributed by atoms with E-state index in [1.807, 2.05) is 5.38 Å². The van der Waals surface area contributed by atoms with Gasteiger partial charge in [-0.1, -0.05) is 0 Å². The fraction of sp³-hybridized carbons (Fsp3) is 0.529. The quantitative estimate of drug-likeness (QED) is 0.866.